The lowest BCUT2D eigenvalue weighted by molar-refractivity contribution is 0.0203. The number of benzene rings is 1. The highest BCUT2D eigenvalue weighted by molar-refractivity contribution is 5.79. The lowest BCUT2D eigenvalue weighted by Gasteiger charge is -2.21. The van der Waals surface area contributed by atoms with Crippen LogP contribution in [0.5, 0.6) is 5.75 Å². The van der Waals surface area contributed by atoms with Crippen molar-refractivity contribution in [1.29, 1.82) is 0 Å². The lowest BCUT2D eigenvalue weighted by Crippen LogP contribution is -2.39. The average molecular weight is 408 g/mol. The zero-order valence-electron chi connectivity index (χ0n) is 17.9. The van der Waals surface area contributed by atoms with E-state index in [0.29, 0.717) is 11.9 Å². The first-order valence-electron chi connectivity index (χ1n) is 10.7. The van der Waals surface area contributed by atoms with Gasteiger partial charge in [0.2, 0.25) is 0 Å². The van der Waals surface area contributed by atoms with E-state index < -0.39 is 6.10 Å². The number of hydrogen-bond acceptors (Lipinski definition) is 5. The van der Waals surface area contributed by atoms with Crippen LogP contribution in [0, 0.1) is 12.8 Å². The molecule has 0 radical (unpaired) electrons. The van der Waals surface area contributed by atoms with Gasteiger partial charge < -0.3 is 30.0 Å². The summed E-state index contributed by atoms with van der Waals surface area (Å²) in [5.74, 6) is 2.10. The van der Waals surface area contributed by atoms with Gasteiger partial charge in [0, 0.05) is 39.5 Å². The van der Waals surface area contributed by atoms with Crippen LogP contribution in [-0.4, -0.2) is 69.8 Å². The van der Waals surface area contributed by atoms with Crippen molar-refractivity contribution in [2.45, 2.75) is 39.2 Å². The number of aliphatic hydroxyl groups is 1. The minimum atomic E-state index is -0.659. The molecule has 1 aliphatic rings. The Morgan fingerprint density at radius 2 is 2.14 bits per heavy atom. The molecule has 1 aliphatic heterocycles. The number of hydrogen-bond donors (Lipinski definition) is 3. The fourth-order valence-corrected chi connectivity index (χ4v) is 3.03. The summed E-state index contributed by atoms with van der Waals surface area (Å²) in [6.07, 6.45) is 2.46. The number of aliphatic hydroxyl groups excluding tert-OH is 1. The van der Waals surface area contributed by atoms with Crippen LogP contribution in [0.2, 0.25) is 0 Å². The first-order chi connectivity index (χ1) is 14.2. The lowest BCUT2D eigenvalue weighted by atomic mass is 10.0. The van der Waals surface area contributed by atoms with Crippen molar-refractivity contribution >= 4 is 5.96 Å². The highest BCUT2D eigenvalue weighted by Gasteiger charge is 2.13. The normalized spacial score (nSPS) is 16.4. The summed E-state index contributed by atoms with van der Waals surface area (Å²) in [4.78, 5) is 4.44. The van der Waals surface area contributed by atoms with Crippen LogP contribution < -0.4 is 15.4 Å². The fraction of sp³-hybridized carbons (Fsp3) is 0.682. The van der Waals surface area contributed by atoms with E-state index >= 15 is 0 Å². The number of aryl methyl sites for hydroxylation is 1. The number of nitrogens with one attached hydrogen (secondary N) is 2. The molecule has 1 aromatic rings. The Hall–Kier alpha value is -1.83. The Balaban J connectivity index is 1.59. The van der Waals surface area contributed by atoms with Crippen molar-refractivity contribution in [2.75, 3.05) is 52.7 Å². The summed E-state index contributed by atoms with van der Waals surface area (Å²) < 4.78 is 16.8. The molecule has 7 nitrogen and oxygen atoms in total. The van der Waals surface area contributed by atoms with Crippen LogP contribution in [0.4, 0.5) is 0 Å². The number of ether oxygens (including phenoxy) is 3. The van der Waals surface area contributed by atoms with Crippen molar-refractivity contribution in [3.8, 4) is 5.75 Å². The van der Waals surface area contributed by atoms with E-state index in [9.17, 15) is 5.11 Å². The van der Waals surface area contributed by atoms with Crippen molar-refractivity contribution in [3.05, 3.63) is 29.8 Å². The molecule has 7 heteroatoms. The summed E-state index contributed by atoms with van der Waals surface area (Å²) >= 11 is 0. The molecule has 2 rings (SSSR count). The smallest absolute Gasteiger partial charge is 0.191 e. The Kier molecular flexibility index (Phi) is 11.5. The van der Waals surface area contributed by atoms with Gasteiger partial charge in [-0.15, -0.1) is 0 Å². The standard InChI is InChI=1S/C22H37N3O4/c1-3-23-22(24-10-5-11-28-16-19-8-12-27-13-9-19)25-15-20(26)17-29-21-7-4-6-18(2)14-21/h4,6-7,14,19-20,26H,3,5,8-13,15-17H2,1-2H3,(H2,23,24,25). The maximum Gasteiger partial charge on any atom is 0.191 e. The molecule has 1 aromatic carbocycles. The minimum absolute atomic E-state index is 0.215. The summed E-state index contributed by atoms with van der Waals surface area (Å²) in [5.41, 5.74) is 1.13. The number of guanidine groups is 1. The number of nitrogens with zero attached hydrogens (tertiary/aromatic N) is 1. The van der Waals surface area contributed by atoms with Gasteiger partial charge >= 0.3 is 0 Å². The van der Waals surface area contributed by atoms with Crippen molar-refractivity contribution in [2.24, 2.45) is 10.9 Å². The summed E-state index contributed by atoms with van der Waals surface area (Å²) in [6.45, 7) is 9.34. The van der Waals surface area contributed by atoms with Gasteiger partial charge in [0.05, 0.1) is 6.54 Å². The maximum atomic E-state index is 10.1. The fourth-order valence-electron chi connectivity index (χ4n) is 3.03. The maximum absolute atomic E-state index is 10.1. The zero-order valence-corrected chi connectivity index (χ0v) is 17.9. The highest BCUT2D eigenvalue weighted by atomic mass is 16.5. The van der Waals surface area contributed by atoms with Gasteiger partial charge in [-0.1, -0.05) is 12.1 Å². The SMILES string of the molecule is CCNC(=NCC(O)COc1cccc(C)c1)NCCCOCC1CCOCC1. The van der Waals surface area contributed by atoms with Crippen molar-refractivity contribution in [3.63, 3.8) is 0 Å². The van der Waals surface area contributed by atoms with Crippen LogP contribution in [-0.2, 0) is 9.47 Å². The summed E-state index contributed by atoms with van der Waals surface area (Å²) in [7, 11) is 0. The molecule has 1 saturated heterocycles. The van der Waals surface area contributed by atoms with E-state index in [-0.39, 0.29) is 13.2 Å². The monoisotopic (exact) mass is 407 g/mol. The molecule has 0 saturated carbocycles. The molecule has 1 atom stereocenters. The molecule has 1 unspecified atom stereocenters. The van der Waals surface area contributed by atoms with Crippen LogP contribution in [0.3, 0.4) is 0 Å². The van der Waals surface area contributed by atoms with E-state index in [0.717, 1.165) is 70.1 Å². The van der Waals surface area contributed by atoms with Gasteiger partial charge in [-0.25, -0.2) is 0 Å². The summed E-state index contributed by atoms with van der Waals surface area (Å²) in [5, 5.41) is 16.6. The predicted molar refractivity (Wildman–Crippen MR) is 116 cm³/mol. The Labute approximate surface area is 174 Å². The first-order valence-corrected chi connectivity index (χ1v) is 10.7. The second kappa shape index (κ2) is 14.2. The van der Waals surface area contributed by atoms with Crippen molar-refractivity contribution in [1.82, 2.24) is 10.6 Å². The zero-order chi connectivity index (χ0) is 20.7. The quantitative estimate of drug-likeness (QED) is 0.280. The van der Waals surface area contributed by atoms with Gasteiger partial charge in [0.15, 0.2) is 5.96 Å². The van der Waals surface area contributed by atoms with E-state index in [1.165, 1.54) is 0 Å². The third-order valence-corrected chi connectivity index (χ3v) is 4.69. The Morgan fingerprint density at radius 1 is 1.31 bits per heavy atom. The van der Waals surface area contributed by atoms with Crippen LogP contribution in [0.25, 0.3) is 0 Å². The summed E-state index contributed by atoms with van der Waals surface area (Å²) in [6, 6.07) is 7.79. The van der Waals surface area contributed by atoms with Crippen LogP contribution in [0.15, 0.2) is 29.3 Å². The van der Waals surface area contributed by atoms with Gasteiger partial charge in [0.25, 0.3) is 0 Å². The second-order valence-corrected chi connectivity index (χ2v) is 7.41. The molecule has 0 amide bonds. The molecule has 164 valence electrons. The van der Waals surface area contributed by atoms with Crippen molar-refractivity contribution < 1.29 is 19.3 Å². The van der Waals surface area contributed by atoms with E-state index in [2.05, 4.69) is 15.6 Å². The molecule has 0 spiro atoms. The molecule has 0 aromatic heterocycles. The van der Waals surface area contributed by atoms with E-state index in [4.69, 9.17) is 14.2 Å². The second-order valence-electron chi connectivity index (χ2n) is 7.41. The third-order valence-electron chi connectivity index (χ3n) is 4.69. The molecule has 0 bridgehead atoms. The minimum Gasteiger partial charge on any atom is -0.491 e. The van der Waals surface area contributed by atoms with Gasteiger partial charge in [-0.3, -0.25) is 4.99 Å². The van der Waals surface area contributed by atoms with Gasteiger partial charge in [-0.2, -0.15) is 0 Å². The Bertz CT molecular complexity index is 591. The van der Waals surface area contributed by atoms with E-state index in [1.807, 2.05) is 38.1 Å². The third kappa shape index (κ3) is 10.5. The first kappa shape index (κ1) is 23.4. The Morgan fingerprint density at radius 3 is 2.90 bits per heavy atom. The largest absolute Gasteiger partial charge is 0.491 e. The molecule has 1 fully saturated rings. The van der Waals surface area contributed by atoms with E-state index in [1.54, 1.807) is 0 Å². The molecule has 0 aliphatic carbocycles. The molecular formula is C22H37N3O4. The predicted octanol–water partition coefficient (Wildman–Crippen LogP) is 2.12. The average Bonchev–Trinajstić information content (AvgIpc) is 2.73. The van der Waals surface area contributed by atoms with Crippen LogP contribution >= 0.6 is 0 Å². The number of rotatable bonds is 12. The molecular weight excluding hydrogens is 370 g/mol. The number of aliphatic imine (C=N–C) groups is 1. The molecule has 3 N–H and O–H groups in total. The van der Waals surface area contributed by atoms with Gasteiger partial charge in [-0.05, 0) is 56.7 Å². The molecule has 29 heavy (non-hydrogen) atoms. The molecule has 1 heterocycles. The van der Waals surface area contributed by atoms with Gasteiger partial charge in [0.1, 0.15) is 18.5 Å². The highest BCUT2D eigenvalue weighted by Crippen LogP contribution is 2.14. The topological polar surface area (TPSA) is 84.3 Å². The van der Waals surface area contributed by atoms with Crippen LogP contribution in [0.1, 0.15) is 31.7 Å².